The molecule has 0 atom stereocenters. The van der Waals surface area contributed by atoms with Crippen LogP contribution in [0.5, 0.6) is 0 Å². The lowest BCUT2D eigenvalue weighted by Gasteiger charge is -2.31. The van der Waals surface area contributed by atoms with Gasteiger partial charge >= 0.3 is 0 Å². The van der Waals surface area contributed by atoms with Gasteiger partial charge in [-0.3, -0.25) is 14.8 Å². The second-order valence-corrected chi connectivity index (χ2v) is 8.29. The molecule has 0 radical (unpaired) electrons. The topological polar surface area (TPSA) is 132 Å². The van der Waals surface area contributed by atoms with Crippen molar-refractivity contribution in [3.63, 3.8) is 0 Å². The van der Waals surface area contributed by atoms with Crippen LogP contribution in [0.1, 0.15) is 41.2 Å². The molecule has 4 N–H and O–H groups in total. The third kappa shape index (κ3) is 3.04. The number of aromatic nitrogens is 5. The summed E-state index contributed by atoms with van der Waals surface area (Å²) < 4.78 is 1.63. The number of hydrogen-bond donors (Lipinski definition) is 3. The van der Waals surface area contributed by atoms with E-state index in [9.17, 15) is 9.90 Å². The summed E-state index contributed by atoms with van der Waals surface area (Å²) in [5.74, 6) is -0.175. The van der Waals surface area contributed by atoms with Crippen molar-refractivity contribution in [1.29, 1.82) is 0 Å². The van der Waals surface area contributed by atoms with Gasteiger partial charge in [0.15, 0.2) is 10.8 Å². The Morgan fingerprint density at radius 2 is 2.21 bits per heavy atom. The van der Waals surface area contributed by atoms with Gasteiger partial charge in [-0.05, 0) is 24.3 Å². The van der Waals surface area contributed by atoms with Crippen molar-refractivity contribution in [2.24, 2.45) is 0 Å². The Balaban J connectivity index is 1.88. The lowest BCUT2D eigenvalue weighted by Crippen LogP contribution is -2.29. The molecule has 0 saturated carbocycles. The first-order valence-corrected chi connectivity index (χ1v) is 9.75. The largest absolute Gasteiger partial charge is 0.394 e. The Bertz CT molecular complexity index is 1070. The van der Waals surface area contributed by atoms with Crippen LogP contribution in [0.2, 0.25) is 0 Å². The van der Waals surface area contributed by atoms with E-state index in [1.54, 1.807) is 10.9 Å². The number of nitrogen functional groups attached to an aromatic ring is 1. The summed E-state index contributed by atoms with van der Waals surface area (Å²) in [6.45, 7) is 6.11. The van der Waals surface area contributed by atoms with Crippen LogP contribution in [0.15, 0.2) is 11.6 Å². The zero-order chi connectivity index (χ0) is 20.1. The summed E-state index contributed by atoms with van der Waals surface area (Å²) in [5, 5.41) is 19.3. The summed E-state index contributed by atoms with van der Waals surface area (Å²) in [6.07, 6.45) is 2.37. The Morgan fingerprint density at radius 3 is 2.89 bits per heavy atom. The van der Waals surface area contributed by atoms with E-state index in [0.29, 0.717) is 28.6 Å². The highest BCUT2D eigenvalue weighted by Gasteiger charge is 2.40. The van der Waals surface area contributed by atoms with Crippen molar-refractivity contribution >= 4 is 28.3 Å². The molecule has 10 heteroatoms. The highest BCUT2D eigenvalue weighted by molar-refractivity contribution is 7.13. The SMILES string of the molecule is Cc1csc(NC(=O)c2nn(CCO)c3c2C(C)(C)Cc2cnc(N)nc2-3)n1. The molecule has 1 amide bonds. The lowest BCUT2D eigenvalue weighted by atomic mass is 9.73. The molecule has 146 valence electrons. The summed E-state index contributed by atoms with van der Waals surface area (Å²) in [6, 6.07) is 0. The number of carbonyl (C=O) groups excluding carboxylic acids is 1. The van der Waals surface area contributed by atoms with Crippen LogP contribution >= 0.6 is 11.3 Å². The number of rotatable bonds is 4. The zero-order valence-electron chi connectivity index (χ0n) is 15.9. The maximum absolute atomic E-state index is 13.0. The molecule has 9 nitrogen and oxygen atoms in total. The van der Waals surface area contributed by atoms with Gasteiger partial charge in [-0.2, -0.15) is 5.10 Å². The van der Waals surface area contributed by atoms with Crippen LogP contribution in [0, 0.1) is 6.92 Å². The van der Waals surface area contributed by atoms with Gasteiger partial charge in [0.05, 0.1) is 30.2 Å². The predicted octanol–water partition coefficient (Wildman–Crippen LogP) is 1.77. The van der Waals surface area contributed by atoms with Gasteiger partial charge in [-0.25, -0.2) is 15.0 Å². The molecular formula is C18H21N7O2S. The number of aryl methyl sites for hydroxylation is 1. The third-order valence-electron chi connectivity index (χ3n) is 4.74. The normalized spacial score (nSPS) is 14.4. The predicted molar refractivity (Wildman–Crippen MR) is 106 cm³/mol. The zero-order valence-corrected chi connectivity index (χ0v) is 16.7. The van der Waals surface area contributed by atoms with Gasteiger partial charge in [-0.15, -0.1) is 11.3 Å². The van der Waals surface area contributed by atoms with Crippen molar-refractivity contribution in [3.8, 4) is 11.4 Å². The molecule has 0 saturated heterocycles. The fourth-order valence-corrected chi connectivity index (χ4v) is 4.33. The van der Waals surface area contributed by atoms with Crippen LogP contribution < -0.4 is 11.1 Å². The molecule has 0 aromatic carbocycles. The minimum Gasteiger partial charge on any atom is -0.394 e. The lowest BCUT2D eigenvalue weighted by molar-refractivity contribution is 0.101. The van der Waals surface area contributed by atoms with Crippen molar-refractivity contribution in [2.45, 2.75) is 39.2 Å². The van der Waals surface area contributed by atoms with E-state index in [0.717, 1.165) is 16.8 Å². The van der Waals surface area contributed by atoms with Gasteiger partial charge in [0, 0.05) is 17.1 Å². The number of thiazole rings is 1. The maximum atomic E-state index is 13.0. The van der Waals surface area contributed by atoms with E-state index in [4.69, 9.17) is 5.73 Å². The van der Waals surface area contributed by atoms with Crippen LogP contribution in [-0.2, 0) is 18.4 Å². The number of anilines is 2. The number of fused-ring (bicyclic) bond motifs is 3. The van der Waals surface area contributed by atoms with Crippen molar-refractivity contribution in [3.05, 3.63) is 34.1 Å². The van der Waals surface area contributed by atoms with Crippen LogP contribution in [0.25, 0.3) is 11.4 Å². The van der Waals surface area contributed by atoms with E-state index < -0.39 is 0 Å². The number of nitrogens with one attached hydrogen (secondary N) is 1. The molecule has 3 heterocycles. The molecule has 3 aromatic heterocycles. The molecule has 3 aromatic rings. The fourth-order valence-electron chi connectivity index (χ4n) is 3.65. The van der Waals surface area contributed by atoms with Crippen LogP contribution in [0.4, 0.5) is 11.1 Å². The summed E-state index contributed by atoms with van der Waals surface area (Å²) in [7, 11) is 0. The molecule has 1 aliphatic rings. The Labute approximate surface area is 165 Å². The number of nitrogens with zero attached hydrogens (tertiary/aromatic N) is 5. The first-order chi connectivity index (χ1) is 13.3. The van der Waals surface area contributed by atoms with Crippen LogP contribution in [0.3, 0.4) is 0 Å². The molecular weight excluding hydrogens is 378 g/mol. The number of nitrogens with two attached hydrogens (primary N) is 1. The second kappa shape index (κ2) is 6.64. The number of hydrogen-bond acceptors (Lipinski definition) is 8. The Morgan fingerprint density at radius 1 is 1.43 bits per heavy atom. The quantitative estimate of drug-likeness (QED) is 0.609. The summed E-state index contributed by atoms with van der Waals surface area (Å²) >= 11 is 1.36. The highest BCUT2D eigenvalue weighted by atomic mass is 32.1. The smallest absolute Gasteiger partial charge is 0.278 e. The Kier molecular flexibility index (Phi) is 4.39. The average Bonchev–Trinajstić information content (AvgIpc) is 3.20. The number of amides is 1. The number of aliphatic hydroxyl groups is 1. The number of carbonyl (C=O) groups is 1. The molecule has 4 rings (SSSR count). The van der Waals surface area contributed by atoms with E-state index in [2.05, 4.69) is 39.2 Å². The third-order valence-corrected chi connectivity index (χ3v) is 5.61. The van der Waals surface area contributed by atoms with Gasteiger partial charge in [0.2, 0.25) is 5.95 Å². The standard InChI is InChI=1S/C18H21N7O2S/c1-9-8-28-17(21-9)23-15(27)13-11-14(25(24-13)4-5-26)12-10(6-18(11,2)3)7-20-16(19)22-12/h7-8,26H,4-6H2,1-3H3,(H2,19,20,22)(H,21,23,27). The van der Waals surface area contributed by atoms with Crippen LogP contribution in [-0.4, -0.2) is 42.4 Å². The van der Waals surface area contributed by atoms with Gasteiger partial charge < -0.3 is 10.8 Å². The molecule has 1 aliphatic carbocycles. The minimum atomic E-state index is -0.374. The number of aliphatic hydroxyl groups excluding tert-OH is 1. The molecule has 0 aliphatic heterocycles. The van der Waals surface area contributed by atoms with Gasteiger partial charge in [0.1, 0.15) is 0 Å². The highest BCUT2D eigenvalue weighted by Crippen LogP contribution is 2.44. The maximum Gasteiger partial charge on any atom is 0.278 e. The van der Waals surface area contributed by atoms with Gasteiger partial charge in [-0.1, -0.05) is 13.8 Å². The summed E-state index contributed by atoms with van der Waals surface area (Å²) in [4.78, 5) is 25.8. The molecule has 0 bridgehead atoms. The van der Waals surface area contributed by atoms with Gasteiger partial charge in [0.25, 0.3) is 5.91 Å². The van der Waals surface area contributed by atoms with E-state index in [1.165, 1.54) is 11.3 Å². The molecule has 0 unspecified atom stereocenters. The van der Waals surface area contributed by atoms with E-state index in [-0.39, 0.29) is 30.4 Å². The fraction of sp³-hybridized carbons (Fsp3) is 0.389. The molecule has 28 heavy (non-hydrogen) atoms. The summed E-state index contributed by atoms with van der Waals surface area (Å²) in [5.41, 5.74) is 9.68. The van der Waals surface area contributed by atoms with E-state index in [1.807, 2.05) is 12.3 Å². The first-order valence-electron chi connectivity index (χ1n) is 8.87. The molecule has 0 spiro atoms. The second-order valence-electron chi connectivity index (χ2n) is 7.43. The first kappa shape index (κ1) is 18.5. The van der Waals surface area contributed by atoms with Crippen molar-refractivity contribution in [2.75, 3.05) is 17.7 Å². The molecule has 0 fully saturated rings. The minimum absolute atomic E-state index is 0.114. The van der Waals surface area contributed by atoms with E-state index >= 15 is 0 Å². The average molecular weight is 399 g/mol. The van der Waals surface area contributed by atoms with Crippen molar-refractivity contribution < 1.29 is 9.90 Å². The van der Waals surface area contributed by atoms with Crippen molar-refractivity contribution in [1.82, 2.24) is 24.7 Å². The monoisotopic (exact) mass is 399 g/mol. The Hall–Kier alpha value is -2.85.